The molecule has 0 aliphatic carbocycles. The minimum Gasteiger partial charge on any atom is -0.392 e. The highest BCUT2D eigenvalue weighted by atomic mass is 35.5. The molecule has 0 unspecified atom stereocenters. The zero-order chi connectivity index (χ0) is 15.0. The van der Waals surface area contributed by atoms with Crippen molar-refractivity contribution in [2.24, 2.45) is 0 Å². The number of rotatable bonds is 9. The van der Waals surface area contributed by atoms with Crippen molar-refractivity contribution in [3.05, 3.63) is 28.8 Å². The largest absolute Gasteiger partial charge is 0.392 e. The first-order chi connectivity index (χ1) is 9.51. The zero-order valence-corrected chi connectivity index (χ0v) is 13.0. The third-order valence-corrected chi connectivity index (χ3v) is 4.59. The third-order valence-electron chi connectivity index (χ3n) is 2.65. The van der Waals surface area contributed by atoms with Gasteiger partial charge in [-0.15, -0.1) is 0 Å². The molecule has 0 aliphatic rings. The van der Waals surface area contributed by atoms with Crippen molar-refractivity contribution >= 4 is 21.6 Å². The highest BCUT2D eigenvalue weighted by Gasteiger charge is 2.17. The molecule has 0 bridgehead atoms. The van der Waals surface area contributed by atoms with Gasteiger partial charge in [0.2, 0.25) is 10.0 Å². The minimum atomic E-state index is -3.69. The van der Waals surface area contributed by atoms with Gasteiger partial charge in [-0.3, -0.25) is 0 Å². The lowest BCUT2D eigenvalue weighted by Crippen LogP contribution is -2.28. The molecular formula is C13H20ClNO4S. The van der Waals surface area contributed by atoms with Gasteiger partial charge < -0.3 is 9.84 Å². The van der Waals surface area contributed by atoms with Crippen LogP contribution in [0.1, 0.15) is 25.3 Å². The van der Waals surface area contributed by atoms with E-state index in [2.05, 4.69) is 11.6 Å². The van der Waals surface area contributed by atoms with Crippen LogP contribution < -0.4 is 4.72 Å². The first-order valence-corrected chi connectivity index (χ1v) is 8.34. The summed E-state index contributed by atoms with van der Waals surface area (Å²) in [5, 5.41) is 9.16. The van der Waals surface area contributed by atoms with Crippen LogP contribution in [0.2, 0.25) is 5.02 Å². The summed E-state index contributed by atoms with van der Waals surface area (Å²) in [5.74, 6) is 0. The number of unbranched alkanes of at least 4 members (excludes halogenated alkanes) is 1. The first-order valence-electron chi connectivity index (χ1n) is 6.48. The van der Waals surface area contributed by atoms with E-state index in [1.807, 2.05) is 0 Å². The lowest BCUT2D eigenvalue weighted by atomic mass is 10.2. The molecular weight excluding hydrogens is 302 g/mol. The Kier molecular flexibility index (Phi) is 7.47. The maximum atomic E-state index is 12.1. The normalized spacial score (nSPS) is 11.8. The highest BCUT2D eigenvalue weighted by molar-refractivity contribution is 7.89. The van der Waals surface area contributed by atoms with Crippen LogP contribution in [-0.4, -0.2) is 33.3 Å². The van der Waals surface area contributed by atoms with E-state index in [1.165, 1.54) is 12.1 Å². The lowest BCUT2D eigenvalue weighted by Gasteiger charge is -2.10. The van der Waals surface area contributed by atoms with E-state index in [4.69, 9.17) is 21.4 Å². The van der Waals surface area contributed by atoms with E-state index in [1.54, 1.807) is 6.07 Å². The fraction of sp³-hybridized carbons (Fsp3) is 0.538. The van der Waals surface area contributed by atoms with E-state index in [9.17, 15) is 8.42 Å². The monoisotopic (exact) mass is 321 g/mol. The highest BCUT2D eigenvalue weighted by Crippen LogP contribution is 2.22. The number of hydrogen-bond acceptors (Lipinski definition) is 4. The topological polar surface area (TPSA) is 75.6 Å². The van der Waals surface area contributed by atoms with Crippen molar-refractivity contribution in [3.8, 4) is 0 Å². The van der Waals surface area contributed by atoms with Gasteiger partial charge in [0.1, 0.15) is 4.90 Å². The maximum Gasteiger partial charge on any atom is 0.242 e. The van der Waals surface area contributed by atoms with Crippen molar-refractivity contribution in [1.82, 2.24) is 4.72 Å². The second-order valence-corrected chi connectivity index (χ2v) is 6.43. The number of aliphatic hydroxyl groups is 1. The molecule has 1 rings (SSSR count). The van der Waals surface area contributed by atoms with Crippen LogP contribution in [0.25, 0.3) is 0 Å². The van der Waals surface area contributed by atoms with Crippen LogP contribution >= 0.6 is 11.6 Å². The molecule has 0 radical (unpaired) electrons. The smallest absolute Gasteiger partial charge is 0.242 e. The Morgan fingerprint density at radius 1 is 1.35 bits per heavy atom. The summed E-state index contributed by atoms with van der Waals surface area (Å²) in [6.45, 7) is 2.95. The Bertz CT molecular complexity index is 519. The summed E-state index contributed by atoms with van der Waals surface area (Å²) in [5.41, 5.74) is 0.494. The Morgan fingerprint density at radius 2 is 2.10 bits per heavy atom. The van der Waals surface area contributed by atoms with Gasteiger partial charge in [0, 0.05) is 13.2 Å². The second kappa shape index (κ2) is 8.59. The molecule has 0 aliphatic heterocycles. The molecule has 0 aromatic heterocycles. The molecule has 0 spiro atoms. The molecule has 0 fully saturated rings. The average molecular weight is 322 g/mol. The summed E-state index contributed by atoms with van der Waals surface area (Å²) in [7, 11) is -3.69. The van der Waals surface area contributed by atoms with Gasteiger partial charge in [-0.2, -0.15) is 0 Å². The summed E-state index contributed by atoms with van der Waals surface area (Å²) < 4.78 is 31.9. The van der Waals surface area contributed by atoms with Crippen LogP contribution in [0.3, 0.4) is 0 Å². The molecule has 0 heterocycles. The van der Waals surface area contributed by atoms with Crippen molar-refractivity contribution in [2.45, 2.75) is 31.3 Å². The number of benzene rings is 1. The fourth-order valence-electron chi connectivity index (χ4n) is 1.53. The van der Waals surface area contributed by atoms with E-state index >= 15 is 0 Å². The van der Waals surface area contributed by atoms with Gasteiger partial charge in [0.15, 0.2) is 0 Å². The number of halogens is 1. The van der Waals surface area contributed by atoms with E-state index in [0.29, 0.717) is 18.8 Å². The number of hydrogen-bond donors (Lipinski definition) is 2. The Morgan fingerprint density at radius 3 is 2.75 bits per heavy atom. The quantitative estimate of drug-likeness (QED) is 0.681. The number of aliphatic hydroxyl groups excluding tert-OH is 1. The van der Waals surface area contributed by atoms with E-state index in [0.717, 1.165) is 12.8 Å². The van der Waals surface area contributed by atoms with Gasteiger partial charge in [0.05, 0.1) is 18.2 Å². The summed E-state index contributed by atoms with van der Waals surface area (Å²) >= 11 is 5.89. The van der Waals surface area contributed by atoms with Crippen molar-refractivity contribution in [2.75, 3.05) is 19.8 Å². The van der Waals surface area contributed by atoms with Crippen molar-refractivity contribution < 1.29 is 18.3 Å². The van der Waals surface area contributed by atoms with Crippen LogP contribution in [-0.2, 0) is 21.4 Å². The number of sulfonamides is 1. The van der Waals surface area contributed by atoms with Crippen molar-refractivity contribution in [1.29, 1.82) is 0 Å². The molecule has 114 valence electrons. The van der Waals surface area contributed by atoms with Gasteiger partial charge in [-0.25, -0.2) is 13.1 Å². The minimum absolute atomic E-state index is 0.0284. The standard InChI is InChI=1S/C13H20ClNO4S/c1-2-3-7-19-8-6-15-20(17,18)13-9-11(10-16)4-5-12(13)14/h4-5,9,15-16H,2-3,6-8,10H2,1H3. The molecule has 20 heavy (non-hydrogen) atoms. The molecule has 1 aromatic carbocycles. The Hall–Kier alpha value is -0.660. The predicted octanol–water partition coefficient (Wildman–Crippen LogP) is 1.93. The molecule has 0 saturated heterocycles. The molecule has 0 saturated carbocycles. The zero-order valence-electron chi connectivity index (χ0n) is 11.4. The summed E-state index contributed by atoms with van der Waals surface area (Å²) in [6.07, 6.45) is 1.99. The van der Waals surface area contributed by atoms with Crippen LogP contribution in [0.4, 0.5) is 0 Å². The molecule has 0 amide bonds. The average Bonchev–Trinajstić information content (AvgIpc) is 2.43. The maximum absolute atomic E-state index is 12.1. The second-order valence-electron chi connectivity index (χ2n) is 4.29. The van der Waals surface area contributed by atoms with Gasteiger partial charge >= 0.3 is 0 Å². The van der Waals surface area contributed by atoms with Gasteiger partial charge in [0.25, 0.3) is 0 Å². The number of ether oxygens (including phenoxy) is 1. The van der Waals surface area contributed by atoms with Crippen molar-refractivity contribution in [3.63, 3.8) is 0 Å². The third kappa shape index (κ3) is 5.38. The van der Waals surface area contributed by atoms with Crippen LogP contribution in [0, 0.1) is 0 Å². The molecule has 5 nitrogen and oxygen atoms in total. The van der Waals surface area contributed by atoms with Crippen LogP contribution in [0.15, 0.2) is 23.1 Å². The number of nitrogens with one attached hydrogen (secondary N) is 1. The van der Waals surface area contributed by atoms with Crippen LogP contribution in [0.5, 0.6) is 0 Å². The van der Waals surface area contributed by atoms with Gasteiger partial charge in [-0.05, 0) is 24.1 Å². The SMILES string of the molecule is CCCCOCCNS(=O)(=O)c1cc(CO)ccc1Cl. The Labute approximate surface area is 125 Å². The first kappa shape index (κ1) is 17.4. The van der Waals surface area contributed by atoms with Gasteiger partial charge in [-0.1, -0.05) is 31.0 Å². The summed E-state index contributed by atoms with van der Waals surface area (Å²) in [4.78, 5) is -0.0284. The molecule has 1 aromatic rings. The lowest BCUT2D eigenvalue weighted by molar-refractivity contribution is 0.136. The van der Waals surface area contributed by atoms with E-state index < -0.39 is 10.0 Å². The molecule has 2 N–H and O–H groups in total. The molecule has 7 heteroatoms. The van der Waals surface area contributed by atoms with E-state index in [-0.39, 0.29) is 23.1 Å². The molecule has 0 atom stereocenters. The predicted molar refractivity (Wildman–Crippen MR) is 78.3 cm³/mol. The summed E-state index contributed by atoms with van der Waals surface area (Å²) in [6, 6.07) is 4.40. The fourth-order valence-corrected chi connectivity index (χ4v) is 3.09. The Balaban J connectivity index is 2.60.